The molecule has 1 aliphatic rings. The first-order valence-electron chi connectivity index (χ1n) is 1.87. The van der Waals surface area contributed by atoms with Crippen LogP contribution in [0.1, 0.15) is 0 Å². The van der Waals surface area contributed by atoms with Crippen LogP contribution in [0.4, 0.5) is 4.79 Å². The second kappa shape index (κ2) is 2.68. The number of rotatable bonds is 0. The van der Waals surface area contributed by atoms with Gasteiger partial charge in [-0.15, -0.1) is 0 Å². The Kier molecular flexibility index (Phi) is 2.49. The molecule has 0 unspecified atom stereocenters. The van der Waals surface area contributed by atoms with Crippen LogP contribution in [-0.2, 0) is 21.6 Å². The number of carbonyl (C=O) groups excluding carboxylic acids is 2. The van der Waals surface area contributed by atoms with Gasteiger partial charge in [0.25, 0.3) is 0 Å². The predicted molar refractivity (Wildman–Crippen MR) is 21.5 cm³/mol. The van der Waals surface area contributed by atoms with E-state index in [0.29, 0.717) is 0 Å². The Hall–Kier alpha value is -0.554. The van der Waals surface area contributed by atoms with Gasteiger partial charge in [-0.3, -0.25) is 10.1 Å². The monoisotopic (exact) mass is 159 g/mol. The summed E-state index contributed by atoms with van der Waals surface area (Å²) in [6.07, 6.45) is 0. The topological polar surface area (TPSA) is 58.2 Å². The molecule has 3 amide bonds. The Balaban J connectivity index is 0.000000490. The summed E-state index contributed by atoms with van der Waals surface area (Å²) in [6, 6.07) is -0.398. The number of hydrogen-bond donors (Lipinski definition) is 2. The smallest absolute Gasteiger partial charge is 0.321 e. The molecule has 1 saturated heterocycles. The second-order valence-corrected chi connectivity index (χ2v) is 1.23. The molecule has 0 bridgehead atoms. The molecule has 0 aromatic carbocycles. The predicted octanol–water partition coefficient (Wildman–Crippen LogP) is -1.18. The summed E-state index contributed by atoms with van der Waals surface area (Å²) in [6.45, 7) is 0.124. The number of imide groups is 1. The summed E-state index contributed by atoms with van der Waals surface area (Å²) in [7, 11) is 0. The fourth-order valence-corrected chi connectivity index (χ4v) is 0.376. The van der Waals surface area contributed by atoms with Gasteiger partial charge in [-0.2, -0.15) is 0 Å². The summed E-state index contributed by atoms with van der Waals surface area (Å²) >= 11 is 0. The Labute approximate surface area is 56.2 Å². The van der Waals surface area contributed by atoms with Crippen LogP contribution in [0.25, 0.3) is 0 Å². The standard InChI is InChI=1S/C3H4N2O2.Co/c6-2-1-4-3(7)5-2;/h1H2,(H2,4,5,6,7);. The normalized spacial score (nSPS) is 16.5. The molecule has 1 radical (unpaired) electrons. The van der Waals surface area contributed by atoms with Crippen LogP contribution >= 0.6 is 0 Å². The van der Waals surface area contributed by atoms with E-state index in [2.05, 4.69) is 5.32 Å². The minimum atomic E-state index is -0.398. The molecule has 4 nitrogen and oxygen atoms in total. The van der Waals surface area contributed by atoms with Crippen LogP contribution in [0, 0.1) is 0 Å². The van der Waals surface area contributed by atoms with Crippen LogP contribution in [0.2, 0.25) is 0 Å². The quantitative estimate of drug-likeness (QED) is 0.437. The number of nitrogens with one attached hydrogen (secondary N) is 2. The fraction of sp³-hybridized carbons (Fsp3) is 0.333. The van der Waals surface area contributed by atoms with Crippen molar-refractivity contribution in [1.82, 2.24) is 10.6 Å². The third kappa shape index (κ3) is 1.51. The van der Waals surface area contributed by atoms with Crippen molar-refractivity contribution in [1.29, 1.82) is 0 Å². The molecular formula is C3H4CoN2O2. The van der Waals surface area contributed by atoms with Crippen molar-refractivity contribution < 1.29 is 26.4 Å². The Morgan fingerprint density at radius 2 is 2.00 bits per heavy atom. The zero-order valence-corrected chi connectivity index (χ0v) is 4.90. The van der Waals surface area contributed by atoms with Gasteiger partial charge in [-0.25, -0.2) is 4.79 Å². The minimum Gasteiger partial charge on any atom is -0.329 e. The number of carbonyl (C=O) groups is 2. The third-order valence-corrected chi connectivity index (χ3v) is 0.662. The maximum atomic E-state index is 10.1. The maximum absolute atomic E-state index is 10.1. The van der Waals surface area contributed by atoms with Gasteiger partial charge in [0.05, 0.1) is 6.54 Å². The van der Waals surface area contributed by atoms with Gasteiger partial charge in [0.1, 0.15) is 0 Å². The van der Waals surface area contributed by atoms with E-state index in [1.165, 1.54) is 0 Å². The molecule has 0 aliphatic carbocycles. The van der Waals surface area contributed by atoms with Gasteiger partial charge in [0.2, 0.25) is 5.91 Å². The summed E-state index contributed by atoms with van der Waals surface area (Å²) in [4.78, 5) is 20.1. The first-order chi connectivity index (χ1) is 3.29. The largest absolute Gasteiger partial charge is 0.329 e. The second-order valence-electron chi connectivity index (χ2n) is 1.23. The summed E-state index contributed by atoms with van der Waals surface area (Å²) in [5, 5.41) is 4.30. The summed E-state index contributed by atoms with van der Waals surface area (Å²) < 4.78 is 0. The van der Waals surface area contributed by atoms with Crippen LogP contribution in [-0.4, -0.2) is 18.5 Å². The van der Waals surface area contributed by atoms with E-state index in [4.69, 9.17) is 0 Å². The van der Waals surface area contributed by atoms with E-state index in [1.807, 2.05) is 5.32 Å². The van der Waals surface area contributed by atoms with Gasteiger partial charge in [-0.1, -0.05) is 0 Å². The van der Waals surface area contributed by atoms with E-state index in [0.717, 1.165) is 0 Å². The summed E-state index contributed by atoms with van der Waals surface area (Å²) in [5.74, 6) is -0.259. The molecule has 1 heterocycles. The van der Waals surface area contributed by atoms with Crippen molar-refractivity contribution in [2.75, 3.05) is 6.54 Å². The molecular weight excluding hydrogens is 155 g/mol. The van der Waals surface area contributed by atoms with Gasteiger partial charge >= 0.3 is 6.03 Å². The maximum Gasteiger partial charge on any atom is 0.321 e. The van der Waals surface area contributed by atoms with Crippen molar-refractivity contribution in [3.8, 4) is 0 Å². The molecule has 2 N–H and O–H groups in total. The van der Waals surface area contributed by atoms with Gasteiger partial charge in [0.15, 0.2) is 0 Å². The van der Waals surface area contributed by atoms with E-state index in [9.17, 15) is 9.59 Å². The van der Waals surface area contributed by atoms with Gasteiger partial charge in [0, 0.05) is 16.8 Å². The molecule has 0 spiro atoms. The van der Waals surface area contributed by atoms with Gasteiger partial charge in [-0.05, 0) is 0 Å². The van der Waals surface area contributed by atoms with E-state index < -0.39 is 6.03 Å². The minimum absolute atomic E-state index is 0. The van der Waals surface area contributed by atoms with Crippen LogP contribution in [0.5, 0.6) is 0 Å². The zero-order valence-electron chi connectivity index (χ0n) is 3.86. The van der Waals surface area contributed by atoms with Crippen molar-refractivity contribution in [3.63, 3.8) is 0 Å². The Bertz CT molecular complexity index is 110. The van der Waals surface area contributed by atoms with E-state index >= 15 is 0 Å². The molecule has 1 rings (SSSR count). The molecule has 8 heavy (non-hydrogen) atoms. The average Bonchev–Trinajstić information content (AvgIpc) is 1.87. The van der Waals surface area contributed by atoms with Crippen molar-refractivity contribution >= 4 is 11.9 Å². The third-order valence-electron chi connectivity index (χ3n) is 0.662. The number of urea groups is 1. The van der Waals surface area contributed by atoms with Crippen LogP contribution < -0.4 is 10.6 Å². The molecule has 0 saturated carbocycles. The number of hydrogen-bond acceptors (Lipinski definition) is 2. The fourth-order valence-electron chi connectivity index (χ4n) is 0.376. The molecule has 1 fully saturated rings. The molecule has 47 valence electrons. The van der Waals surface area contributed by atoms with E-state index in [1.54, 1.807) is 0 Å². The Morgan fingerprint density at radius 1 is 1.38 bits per heavy atom. The Morgan fingerprint density at radius 3 is 2.12 bits per heavy atom. The van der Waals surface area contributed by atoms with Gasteiger partial charge < -0.3 is 5.32 Å². The van der Waals surface area contributed by atoms with Crippen LogP contribution in [0.15, 0.2) is 0 Å². The molecule has 0 atom stereocenters. The van der Waals surface area contributed by atoms with Crippen molar-refractivity contribution in [3.05, 3.63) is 0 Å². The SMILES string of the molecule is O=C1CNC(=O)N1.[Co]. The number of amides is 3. The zero-order chi connectivity index (χ0) is 5.28. The van der Waals surface area contributed by atoms with Crippen LogP contribution in [0.3, 0.4) is 0 Å². The summed E-state index contributed by atoms with van der Waals surface area (Å²) in [5.41, 5.74) is 0. The van der Waals surface area contributed by atoms with Crippen molar-refractivity contribution in [2.45, 2.75) is 0 Å². The van der Waals surface area contributed by atoms with Crippen molar-refractivity contribution in [2.24, 2.45) is 0 Å². The molecule has 0 aromatic rings. The molecule has 5 heteroatoms. The molecule has 0 aromatic heterocycles. The first-order valence-corrected chi connectivity index (χ1v) is 1.87. The molecule has 1 aliphatic heterocycles. The average molecular weight is 159 g/mol. The van der Waals surface area contributed by atoms with E-state index in [-0.39, 0.29) is 29.2 Å². The first kappa shape index (κ1) is 7.45.